The number of anilines is 3. The number of nitrogen functional groups attached to an aromatic ring is 1. The number of methoxy groups -OCH3 is 1. The molecule has 2 aromatic rings. The first kappa shape index (κ1) is 13.8. The van der Waals surface area contributed by atoms with Crippen molar-refractivity contribution in [3.8, 4) is 6.01 Å². The highest BCUT2D eigenvalue weighted by atomic mass is 32.1. The Labute approximate surface area is 125 Å². The molecule has 0 aliphatic carbocycles. The van der Waals surface area contributed by atoms with E-state index in [1.165, 1.54) is 7.11 Å². The summed E-state index contributed by atoms with van der Waals surface area (Å²) in [5, 5.41) is 3.03. The first-order valence-corrected chi connectivity index (χ1v) is 7.34. The maximum absolute atomic E-state index is 5.37. The van der Waals surface area contributed by atoms with Crippen LogP contribution in [-0.4, -0.2) is 53.2 Å². The third kappa shape index (κ3) is 2.95. The van der Waals surface area contributed by atoms with Gasteiger partial charge in [-0.25, -0.2) is 10.8 Å². The second-order valence-corrected chi connectivity index (χ2v) is 5.25. The van der Waals surface area contributed by atoms with Gasteiger partial charge in [-0.3, -0.25) is 5.43 Å². The van der Waals surface area contributed by atoms with Gasteiger partial charge in [-0.15, -0.1) is 11.3 Å². The van der Waals surface area contributed by atoms with E-state index in [9.17, 15) is 0 Å². The third-order valence-electron chi connectivity index (χ3n) is 3.17. The Morgan fingerprint density at radius 2 is 1.95 bits per heavy atom. The van der Waals surface area contributed by atoms with Crippen LogP contribution in [0.25, 0.3) is 0 Å². The number of hydrogen-bond donors (Lipinski definition) is 2. The molecule has 0 saturated carbocycles. The standard InChI is InChI=1S/C11H16N8OS/c1-20-10-15-8(17-12)14-9(16-10)18-3-5-19(6-4-18)11-13-2-7-21-11/h2,7H,3-6,12H2,1H3,(H,14,15,16,17). The van der Waals surface area contributed by atoms with Crippen molar-refractivity contribution < 1.29 is 4.74 Å². The van der Waals surface area contributed by atoms with Crippen molar-refractivity contribution >= 4 is 28.4 Å². The topological polar surface area (TPSA) is 105 Å². The van der Waals surface area contributed by atoms with Crippen molar-refractivity contribution in [2.45, 2.75) is 0 Å². The Hall–Kier alpha value is -2.20. The summed E-state index contributed by atoms with van der Waals surface area (Å²) in [6.07, 6.45) is 1.82. The van der Waals surface area contributed by atoms with Crippen LogP contribution in [0.4, 0.5) is 17.0 Å². The van der Waals surface area contributed by atoms with Crippen molar-refractivity contribution in [3.63, 3.8) is 0 Å². The summed E-state index contributed by atoms with van der Waals surface area (Å²) in [6, 6.07) is 0.246. The Balaban J connectivity index is 1.71. The highest BCUT2D eigenvalue weighted by Crippen LogP contribution is 2.21. The zero-order valence-electron chi connectivity index (χ0n) is 11.6. The molecular formula is C11H16N8OS. The summed E-state index contributed by atoms with van der Waals surface area (Å²) in [6.45, 7) is 3.34. The molecule has 9 nitrogen and oxygen atoms in total. The zero-order chi connectivity index (χ0) is 14.7. The number of hydrogen-bond acceptors (Lipinski definition) is 10. The van der Waals surface area contributed by atoms with Crippen LogP contribution >= 0.6 is 11.3 Å². The molecular weight excluding hydrogens is 292 g/mol. The fourth-order valence-electron chi connectivity index (χ4n) is 2.11. The number of nitrogens with one attached hydrogen (secondary N) is 1. The Morgan fingerprint density at radius 1 is 1.19 bits per heavy atom. The van der Waals surface area contributed by atoms with Gasteiger partial charge in [-0.2, -0.15) is 15.0 Å². The second-order valence-electron chi connectivity index (χ2n) is 4.38. The quantitative estimate of drug-likeness (QED) is 0.594. The summed E-state index contributed by atoms with van der Waals surface area (Å²) in [7, 11) is 1.51. The smallest absolute Gasteiger partial charge is 0.322 e. The minimum Gasteiger partial charge on any atom is -0.467 e. The van der Waals surface area contributed by atoms with Crippen molar-refractivity contribution in [2.75, 3.05) is 48.5 Å². The molecule has 1 aliphatic rings. The molecule has 0 radical (unpaired) electrons. The molecule has 10 heteroatoms. The fourth-order valence-corrected chi connectivity index (χ4v) is 2.81. The molecule has 3 heterocycles. The molecule has 21 heavy (non-hydrogen) atoms. The average Bonchev–Trinajstić information content (AvgIpc) is 3.09. The van der Waals surface area contributed by atoms with Crippen LogP contribution in [0.1, 0.15) is 0 Å². The van der Waals surface area contributed by atoms with Gasteiger partial charge in [0.05, 0.1) is 7.11 Å². The van der Waals surface area contributed by atoms with Gasteiger partial charge in [0, 0.05) is 37.8 Å². The van der Waals surface area contributed by atoms with E-state index in [2.05, 4.69) is 35.2 Å². The number of ether oxygens (including phenoxy) is 1. The Bertz CT molecular complexity index is 562. The van der Waals surface area contributed by atoms with Crippen LogP contribution in [0.3, 0.4) is 0 Å². The van der Waals surface area contributed by atoms with Gasteiger partial charge in [0.15, 0.2) is 5.13 Å². The van der Waals surface area contributed by atoms with E-state index < -0.39 is 0 Å². The number of nitrogens with two attached hydrogens (primary N) is 1. The van der Waals surface area contributed by atoms with Gasteiger partial charge in [0.25, 0.3) is 0 Å². The number of hydrazine groups is 1. The van der Waals surface area contributed by atoms with Gasteiger partial charge in [-0.05, 0) is 0 Å². The predicted octanol–water partition coefficient (Wildman–Crippen LogP) is -0.0511. The van der Waals surface area contributed by atoms with Gasteiger partial charge in [0.2, 0.25) is 11.9 Å². The lowest BCUT2D eigenvalue weighted by Crippen LogP contribution is -2.47. The lowest BCUT2D eigenvalue weighted by atomic mass is 10.3. The molecule has 0 spiro atoms. The maximum Gasteiger partial charge on any atom is 0.322 e. The molecule has 0 atom stereocenters. The van der Waals surface area contributed by atoms with Crippen LogP contribution in [0.5, 0.6) is 6.01 Å². The molecule has 112 valence electrons. The molecule has 1 saturated heterocycles. The first-order chi connectivity index (χ1) is 10.3. The van der Waals surface area contributed by atoms with Gasteiger partial charge in [0.1, 0.15) is 0 Å². The number of thiazole rings is 1. The van der Waals surface area contributed by atoms with E-state index in [0.29, 0.717) is 11.9 Å². The maximum atomic E-state index is 5.37. The second kappa shape index (κ2) is 6.06. The summed E-state index contributed by atoms with van der Waals surface area (Å²) in [5.41, 5.74) is 2.42. The summed E-state index contributed by atoms with van der Waals surface area (Å²) in [4.78, 5) is 21.2. The van der Waals surface area contributed by atoms with E-state index in [0.717, 1.165) is 31.3 Å². The van der Waals surface area contributed by atoms with E-state index in [1.54, 1.807) is 11.3 Å². The minimum atomic E-state index is 0.246. The SMILES string of the molecule is COc1nc(NN)nc(N2CCN(c3nccs3)CC2)n1. The van der Waals surface area contributed by atoms with Crippen LogP contribution in [0, 0.1) is 0 Å². The van der Waals surface area contributed by atoms with Crippen LogP contribution in [0.2, 0.25) is 0 Å². The Morgan fingerprint density at radius 3 is 2.57 bits per heavy atom. The number of rotatable bonds is 4. The zero-order valence-corrected chi connectivity index (χ0v) is 12.4. The van der Waals surface area contributed by atoms with Crippen LogP contribution in [-0.2, 0) is 0 Å². The van der Waals surface area contributed by atoms with Crippen molar-refractivity contribution in [3.05, 3.63) is 11.6 Å². The largest absolute Gasteiger partial charge is 0.467 e. The normalized spacial score (nSPS) is 15.1. The molecule has 0 amide bonds. The molecule has 3 N–H and O–H groups in total. The monoisotopic (exact) mass is 308 g/mol. The van der Waals surface area contributed by atoms with Crippen molar-refractivity contribution in [1.82, 2.24) is 19.9 Å². The Kier molecular flexibility index (Phi) is 3.97. The number of nitrogens with zero attached hydrogens (tertiary/aromatic N) is 6. The third-order valence-corrected chi connectivity index (χ3v) is 4.00. The summed E-state index contributed by atoms with van der Waals surface area (Å²) >= 11 is 1.65. The lowest BCUT2D eigenvalue weighted by Gasteiger charge is -2.34. The van der Waals surface area contributed by atoms with Crippen molar-refractivity contribution in [1.29, 1.82) is 0 Å². The molecule has 3 rings (SSSR count). The minimum absolute atomic E-state index is 0.246. The van der Waals surface area contributed by atoms with E-state index in [4.69, 9.17) is 10.6 Å². The van der Waals surface area contributed by atoms with Crippen LogP contribution in [0.15, 0.2) is 11.6 Å². The van der Waals surface area contributed by atoms with E-state index >= 15 is 0 Å². The van der Waals surface area contributed by atoms with Gasteiger partial charge >= 0.3 is 6.01 Å². The molecule has 0 unspecified atom stereocenters. The molecule has 2 aromatic heterocycles. The highest BCUT2D eigenvalue weighted by molar-refractivity contribution is 7.13. The van der Waals surface area contributed by atoms with E-state index in [-0.39, 0.29) is 6.01 Å². The molecule has 1 aliphatic heterocycles. The predicted molar refractivity (Wildman–Crippen MR) is 80.7 cm³/mol. The van der Waals surface area contributed by atoms with Gasteiger partial charge < -0.3 is 14.5 Å². The first-order valence-electron chi connectivity index (χ1n) is 6.46. The van der Waals surface area contributed by atoms with Crippen molar-refractivity contribution in [2.24, 2.45) is 5.84 Å². The molecule has 0 aromatic carbocycles. The number of aromatic nitrogens is 4. The number of piperazine rings is 1. The van der Waals surface area contributed by atoms with E-state index in [1.807, 2.05) is 11.6 Å². The van der Waals surface area contributed by atoms with Crippen LogP contribution < -0.4 is 25.8 Å². The lowest BCUT2D eigenvalue weighted by molar-refractivity contribution is 0.378. The average molecular weight is 308 g/mol. The highest BCUT2D eigenvalue weighted by Gasteiger charge is 2.21. The summed E-state index contributed by atoms with van der Waals surface area (Å²) in [5.74, 6) is 6.22. The molecule has 1 fully saturated rings. The summed E-state index contributed by atoms with van der Waals surface area (Å²) < 4.78 is 5.06. The van der Waals surface area contributed by atoms with Gasteiger partial charge in [-0.1, -0.05) is 0 Å². The molecule has 0 bridgehead atoms. The fraction of sp³-hybridized carbons (Fsp3) is 0.455.